The van der Waals surface area contributed by atoms with E-state index in [0.717, 1.165) is 41.4 Å². The van der Waals surface area contributed by atoms with E-state index in [4.69, 9.17) is 0 Å². The summed E-state index contributed by atoms with van der Waals surface area (Å²) in [6.07, 6.45) is 1.34. The monoisotopic (exact) mass is 210 g/mol. The molecule has 5 unspecified atom stereocenters. The van der Waals surface area contributed by atoms with Gasteiger partial charge in [0.1, 0.15) is 0 Å². The molecule has 0 aromatic rings. The molecule has 1 fully saturated rings. The van der Waals surface area contributed by atoms with Gasteiger partial charge in [0, 0.05) is 0 Å². The molecule has 90 valence electrons. The molecule has 0 bridgehead atoms. The summed E-state index contributed by atoms with van der Waals surface area (Å²) in [5.41, 5.74) is 0. The van der Waals surface area contributed by atoms with Gasteiger partial charge in [-0.2, -0.15) is 0 Å². The van der Waals surface area contributed by atoms with Crippen LogP contribution >= 0.6 is 0 Å². The van der Waals surface area contributed by atoms with Gasteiger partial charge >= 0.3 is 0 Å². The van der Waals surface area contributed by atoms with Crippen molar-refractivity contribution in [3.63, 3.8) is 0 Å². The van der Waals surface area contributed by atoms with Crippen LogP contribution in [0, 0.1) is 41.4 Å². The van der Waals surface area contributed by atoms with Crippen LogP contribution < -0.4 is 0 Å². The van der Waals surface area contributed by atoms with Crippen LogP contribution in [0.4, 0.5) is 0 Å². The Balaban J connectivity index is 2.67. The molecule has 1 saturated carbocycles. The Morgan fingerprint density at radius 2 is 1.47 bits per heavy atom. The summed E-state index contributed by atoms with van der Waals surface area (Å²) < 4.78 is 0. The fourth-order valence-electron chi connectivity index (χ4n) is 3.94. The zero-order valence-corrected chi connectivity index (χ0v) is 11.7. The predicted molar refractivity (Wildman–Crippen MR) is 68.8 cm³/mol. The summed E-state index contributed by atoms with van der Waals surface area (Å²) in [6.45, 7) is 16.9. The second-order valence-corrected chi connectivity index (χ2v) is 6.46. The summed E-state index contributed by atoms with van der Waals surface area (Å²) in [5.74, 6) is 6.60. The van der Waals surface area contributed by atoms with Gasteiger partial charge in [-0.3, -0.25) is 0 Å². The van der Waals surface area contributed by atoms with Crippen LogP contribution in [0.25, 0.3) is 0 Å². The first-order valence-corrected chi connectivity index (χ1v) is 6.91. The van der Waals surface area contributed by atoms with E-state index >= 15 is 0 Å². The highest BCUT2D eigenvalue weighted by Crippen LogP contribution is 2.58. The lowest BCUT2D eigenvalue weighted by Gasteiger charge is -2.28. The molecule has 0 heteroatoms. The quantitative estimate of drug-likeness (QED) is 0.609. The van der Waals surface area contributed by atoms with Gasteiger partial charge < -0.3 is 0 Å². The minimum absolute atomic E-state index is 0.858. The molecule has 1 aliphatic carbocycles. The summed E-state index contributed by atoms with van der Waals surface area (Å²) in [4.78, 5) is 0. The molecule has 5 atom stereocenters. The van der Waals surface area contributed by atoms with Gasteiger partial charge in [0.05, 0.1) is 0 Å². The van der Waals surface area contributed by atoms with E-state index in [2.05, 4.69) is 48.5 Å². The molecule has 1 rings (SSSR count). The predicted octanol–water partition coefficient (Wildman–Crippen LogP) is 4.84. The van der Waals surface area contributed by atoms with Gasteiger partial charge in [0.25, 0.3) is 0 Å². The Kier molecular flexibility index (Phi) is 4.26. The molecule has 1 aliphatic rings. The lowest BCUT2D eigenvalue weighted by Crippen LogP contribution is -2.21. The van der Waals surface area contributed by atoms with Crippen LogP contribution in [0.1, 0.15) is 54.9 Å². The van der Waals surface area contributed by atoms with Gasteiger partial charge in [-0.1, -0.05) is 54.9 Å². The first-order chi connectivity index (χ1) is 6.91. The highest BCUT2D eigenvalue weighted by atomic mass is 14.6. The highest BCUT2D eigenvalue weighted by Gasteiger charge is 2.53. The van der Waals surface area contributed by atoms with Crippen molar-refractivity contribution in [2.75, 3.05) is 0 Å². The highest BCUT2D eigenvalue weighted by molar-refractivity contribution is 5.00. The van der Waals surface area contributed by atoms with Gasteiger partial charge in [-0.05, 0) is 41.4 Å². The molecule has 0 N–H and O–H groups in total. The molecular weight excluding hydrogens is 180 g/mol. The van der Waals surface area contributed by atoms with Crippen molar-refractivity contribution in [2.24, 2.45) is 41.4 Å². The van der Waals surface area contributed by atoms with Crippen molar-refractivity contribution in [3.8, 4) is 0 Å². The van der Waals surface area contributed by atoms with Crippen LogP contribution in [-0.4, -0.2) is 0 Å². The maximum Gasteiger partial charge on any atom is -0.0319 e. The molecule has 0 saturated heterocycles. The van der Waals surface area contributed by atoms with Gasteiger partial charge in [-0.25, -0.2) is 0 Å². The topological polar surface area (TPSA) is 0 Å². The normalized spacial score (nSPS) is 34.6. The van der Waals surface area contributed by atoms with Crippen LogP contribution in [0.15, 0.2) is 0 Å². The number of rotatable bonds is 5. The van der Waals surface area contributed by atoms with Crippen LogP contribution in [0.3, 0.4) is 0 Å². The molecule has 0 aromatic carbocycles. The third-order valence-corrected chi connectivity index (χ3v) is 4.80. The molecule has 15 heavy (non-hydrogen) atoms. The fourth-order valence-corrected chi connectivity index (χ4v) is 3.94. The molecule has 0 spiro atoms. The summed E-state index contributed by atoms with van der Waals surface area (Å²) in [7, 11) is 0. The Morgan fingerprint density at radius 1 is 0.933 bits per heavy atom. The number of hydrogen-bond acceptors (Lipinski definition) is 0. The maximum absolute atomic E-state index is 2.47. The van der Waals surface area contributed by atoms with Crippen molar-refractivity contribution in [1.29, 1.82) is 0 Å². The van der Waals surface area contributed by atoms with E-state index in [1.165, 1.54) is 6.42 Å². The minimum Gasteiger partial charge on any atom is -0.0651 e. The standard InChI is InChI=1S/C15H30/c1-8-11(6)13(9(2)3)15-12(7)14(15)10(4)5/h9-15H,8H2,1-7H3. The smallest absolute Gasteiger partial charge is 0.0319 e. The average molecular weight is 210 g/mol. The van der Waals surface area contributed by atoms with E-state index in [0.29, 0.717) is 0 Å². The Labute approximate surface area is 96.8 Å². The Hall–Kier alpha value is 0. The van der Waals surface area contributed by atoms with E-state index in [-0.39, 0.29) is 0 Å². The lowest BCUT2D eigenvalue weighted by molar-refractivity contribution is 0.209. The first kappa shape index (κ1) is 13.1. The van der Waals surface area contributed by atoms with Crippen molar-refractivity contribution in [3.05, 3.63) is 0 Å². The van der Waals surface area contributed by atoms with Crippen molar-refractivity contribution < 1.29 is 0 Å². The Bertz CT molecular complexity index is 192. The summed E-state index contributed by atoms with van der Waals surface area (Å²) in [5, 5.41) is 0. The maximum atomic E-state index is 2.47. The zero-order chi connectivity index (χ0) is 11.7. The molecule has 0 nitrogen and oxygen atoms in total. The molecule has 0 aliphatic heterocycles. The first-order valence-electron chi connectivity index (χ1n) is 6.91. The number of hydrogen-bond donors (Lipinski definition) is 0. The van der Waals surface area contributed by atoms with E-state index in [9.17, 15) is 0 Å². The fraction of sp³-hybridized carbons (Fsp3) is 1.00. The van der Waals surface area contributed by atoms with Gasteiger partial charge in [0.2, 0.25) is 0 Å². The average Bonchev–Trinajstić information content (AvgIpc) is 2.77. The molecule has 0 heterocycles. The van der Waals surface area contributed by atoms with Crippen molar-refractivity contribution >= 4 is 0 Å². The van der Waals surface area contributed by atoms with Crippen LogP contribution in [0.2, 0.25) is 0 Å². The van der Waals surface area contributed by atoms with Gasteiger partial charge in [0.15, 0.2) is 0 Å². The van der Waals surface area contributed by atoms with E-state index < -0.39 is 0 Å². The molecule has 0 aromatic heterocycles. The third kappa shape index (κ3) is 2.57. The minimum atomic E-state index is 0.858. The van der Waals surface area contributed by atoms with E-state index in [1.807, 2.05) is 0 Å². The SMILES string of the molecule is CCC(C)C(C(C)C)C1C(C)C1C(C)C. The summed E-state index contributed by atoms with van der Waals surface area (Å²) in [6, 6.07) is 0. The van der Waals surface area contributed by atoms with E-state index in [1.54, 1.807) is 0 Å². The lowest BCUT2D eigenvalue weighted by atomic mass is 9.78. The third-order valence-electron chi connectivity index (χ3n) is 4.80. The largest absolute Gasteiger partial charge is 0.0651 e. The molecule has 0 radical (unpaired) electrons. The second-order valence-electron chi connectivity index (χ2n) is 6.46. The Morgan fingerprint density at radius 3 is 1.73 bits per heavy atom. The summed E-state index contributed by atoms with van der Waals surface area (Å²) >= 11 is 0. The second kappa shape index (κ2) is 4.89. The van der Waals surface area contributed by atoms with Crippen LogP contribution in [0.5, 0.6) is 0 Å². The van der Waals surface area contributed by atoms with Gasteiger partial charge in [-0.15, -0.1) is 0 Å². The van der Waals surface area contributed by atoms with Crippen molar-refractivity contribution in [1.82, 2.24) is 0 Å². The zero-order valence-electron chi connectivity index (χ0n) is 11.7. The molecular formula is C15H30. The van der Waals surface area contributed by atoms with Crippen molar-refractivity contribution in [2.45, 2.75) is 54.9 Å². The van der Waals surface area contributed by atoms with Crippen LogP contribution in [-0.2, 0) is 0 Å². The molecule has 0 amide bonds.